The number of alkyl carbamates (subject to hydrolysis) is 1. The molecule has 1 amide bonds. The number of carbonyl (C=O) groups excluding carboxylic acids is 1. The van der Waals surface area contributed by atoms with E-state index >= 15 is 0 Å². The highest BCUT2D eigenvalue weighted by Crippen LogP contribution is 2.34. The van der Waals surface area contributed by atoms with Gasteiger partial charge in [0, 0.05) is 61.4 Å². The molecular formula is C24H32ClN5O3. The van der Waals surface area contributed by atoms with Crippen LogP contribution in [-0.2, 0) is 9.47 Å². The van der Waals surface area contributed by atoms with Gasteiger partial charge in [0.1, 0.15) is 16.6 Å². The highest BCUT2D eigenvalue weighted by molar-refractivity contribution is 6.29. The van der Waals surface area contributed by atoms with Crippen LogP contribution in [0.15, 0.2) is 30.6 Å². The predicted molar refractivity (Wildman–Crippen MR) is 130 cm³/mol. The van der Waals surface area contributed by atoms with E-state index < -0.39 is 5.60 Å². The molecule has 1 N–H and O–H groups in total. The molecule has 0 spiro atoms. The summed E-state index contributed by atoms with van der Waals surface area (Å²) in [6.07, 6.45) is 5.16. The quantitative estimate of drug-likeness (QED) is 0.669. The van der Waals surface area contributed by atoms with Gasteiger partial charge in [-0.3, -0.25) is 0 Å². The van der Waals surface area contributed by atoms with Crippen molar-refractivity contribution in [2.45, 2.75) is 45.3 Å². The number of ether oxygens (including phenoxy) is 2. The molecule has 2 aromatic heterocycles. The number of anilines is 2. The van der Waals surface area contributed by atoms with Crippen LogP contribution in [0.4, 0.5) is 16.3 Å². The largest absolute Gasteiger partial charge is 0.444 e. The first-order valence-corrected chi connectivity index (χ1v) is 11.9. The van der Waals surface area contributed by atoms with Gasteiger partial charge in [-0.1, -0.05) is 11.6 Å². The van der Waals surface area contributed by atoms with Gasteiger partial charge < -0.3 is 24.6 Å². The molecule has 33 heavy (non-hydrogen) atoms. The number of aromatic nitrogens is 2. The Kier molecular flexibility index (Phi) is 7.24. The Morgan fingerprint density at radius 1 is 1.15 bits per heavy atom. The van der Waals surface area contributed by atoms with Crippen LogP contribution >= 0.6 is 11.6 Å². The van der Waals surface area contributed by atoms with Crippen molar-refractivity contribution in [3.8, 4) is 11.1 Å². The highest BCUT2D eigenvalue weighted by atomic mass is 35.5. The van der Waals surface area contributed by atoms with Crippen LogP contribution in [-0.4, -0.2) is 67.1 Å². The maximum atomic E-state index is 12.3. The summed E-state index contributed by atoms with van der Waals surface area (Å²) in [7, 11) is 0. The van der Waals surface area contributed by atoms with E-state index in [-0.39, 0.29) is 12.1 Å². The molecule has 4 rings (SSSR count). The summed E-state index contributed by atoms with van der Waals surface area (Å²) in [5, 5.41) is 3.45. The molecule has 0 radical (unpaired) electrons. The molecule has 2 fully saturated rings. The Balaban J connectivity index is 1.51. The molecule has 2 aliphatic heterocycles. The van der Waals surface area contributed by atoms with Gasteiger partial charge in [0.05, 0.1) is 13.2 Å². The second-order valence-corrected chi connectivity index (χ2v) is 9.85. The van der Waals surface area contributed by atoms with E-state index in [9.17, 15) is 4.79 Å². The van der Waals surface area contributed by atoms with E-state index in [4.69, 9.17) is 26.1 Å². The third kappa shape index (κ3) is 6.26. The minimum absolute atomic E-state index is 0.00443. The van der Waals surface area contributed by atoms with Crippen LogP contribution in [0.1, 0.15) is 33.6 Å². The summed E-state index contributed by atoms with van der Waals surface area (Å²) in [5.41, 5.74) is 2.42. The summed E-state index contributed by atoms with van der Waals surface area (Å²) in [4.78, 5) is 25.8. The van der Waals surface area contributed by atoms with Gasteiger partial charge in [-0.2, -0.15) is 0 Å². The van der Waals surface area contributed by atoms with Crippen LogP contribution in [0.5, 0.6) is 0 Å². The number of pyridine rings is 2. The smallest absolute Gasteiger partial charge is 0.407 e. The van der Waals surface area contributed by atoms with Gasteiger partial charge >= 0.3 is 6.09 Å². The lowest BCUT2D eigenvalue weighted by atomic mass is 10.0. The molecule has 9 heteroatoms. The first kappa shape index (κ1) is 23.6. The fraction of sp³-hybridized carbons (Fsp3) is 0.542. The number of piperidine rings is 1. The molecule has 1 atom stereocenters. The molecule has 2 aliphatic rings. The topological polar surface area (TPSA) is 79.8 Å². The molecule has 2 aromatic rings. The lowest BCUT2D eigenvalue weighted by Gasteiger charge is -2.36. The summed E-state index contributed by atoms with van der Waals surface area (Å²) in [6.45, 7) is 10.3. The Bertz CT molecular complexity index is 958. The van der Waals surface area contributed by atoms with E-state index in [2.05, 4.69) is 26.2 Å². The Morgan fingerprint density at radius 3 is 2.64 bits per heavy atom. The standard InChI is InChI=1S/C24H32ClN5O3/c1-24(2,3)33-23(31)28-18-5-4-8-30(16-18)20-13-21(25)26-15-19(20)17-6-7-22(27-14-17)29-9-11-32-12-10-29/h6-7,13-15,18H,4-5,8-12,16H2,1-3H3,(H,28,31)/t18-/m0/s1. The maximum Gasteiger partial charge on any atom is 0.407 e. The monoisotopic (exact) mass is 473 g/mol. The van der Waals surface area contributed by atoms with Gasteiger partial charge in [0.15, 0.2) is 0 Å². The number of hydrogen-bond acceptors (Lipinski definition) is 7. The van der Waals surface area contributed by atoms with Gasteiger partial charge in [0.25, 0.3) is 0 Å². The fourth-order valence-corrected chi connectivity index (χ4v) is 4.37. The molecule has 2 saturated heterocycles. The van der Waals surface area contributed by atoms with Crippen molar-refractivity contribution in [1.29, 1.82) is 0 Å². The predicted octanol–water partition coefficient (Wildman–Crippen LogP) is 4.13. The second kappa shape index (κ2) is 10.1. The lowest BCUT2D eigenvalue weighted by molar-refractivity contribution is 0.0500. The van der Waals surface area contributed by atoms with Crippen LogP contribution in [0.3, 0.4) is 0 Å². The second-order valence-electron chi connectivity index (χ2n) is 9.46. The lowest BCUT2D eigenvalue weighted by Crippen LogP contribution is -2.49. The minimum atomic E-state index is -0.523. The number of nitrogens with zero attached hydrogens (tertiary/aromatic N) is 4. The maximum absolute atomic E-state index is 12.3. The Morgan fingerprint density at radius 2 is 1.94 bits per heavy atom. The van der Waals surface area contributed by atoms with E-state index in [0.29, 0.717) is 11.7 Å². The van der Waals surface area contributed by atoms with Crippen molar-refractivity contribution in [2.24, 2.45) is 0 Å². The van der Waals surface area contributed by atoms with E-state index in [1.165, 1.54) is 0 Å². The minimum Gasteiger partial charge on any atom is -0.444 e. The SMILES string of the molecule is CC(C)(C)OC(=O)N[C@H]1CCCN(c2cc(Cl)ncc2-c2ccc(N3CCOCC3)nc2)C1. The van der Waals surface area contributed by atoms with Crippen LogP contribution in [0, 0.1) is 0 Å². The first-order valence-electron chi connectivity index (χ1n) is 11.5. The number of amides is 1. The number of halogens is 1. The van der Waals surface area contributed by atoms with Crippen molar-refractivity contribution in [3.63, 3.8) is 0 Å². The van der Waals surface area contributed by atoms with Gasteiger partial charge in [0.2, 0.25) is 0 Å². The van der Waals surface area contributed by atoms with E-state index in [0.717, 1.165) is 68.3 Å². The summed E-state index contributed by atoms with van der Waals surface area (Å²) in [6, 6.07) is 6.01. The Labute approximate surface area is 200 Å². The van der Waals surface area contributed by atoms with Crippen LogP contribution in [0.2, 0.25) is 5.15 Å². The molecule has 0 unspecified atom stereocenters. The van der Waals surface area contributed by atoms with E-state index in [1.54, 1.807) is 6.20 Å². The summed E-state index contributed by atoms with van der Waals surface area (Å²) < 4.78 is 10.9. The van der Waals surface area contributed by atoms with Gasteiger partial charge in [-0.05, 0) is 51.8 Å². The fourth-order valence-electron chi connectivity index (χ4n) is 4.22. The summed E-state index contributed by atoms with van der Waals surface area (Å²) >= 11 is 6.28. The van der Waals surface area contributed by atoms with Crippen molar-refractivity contribution in [3.05, 3.63) is 35.7 Å². The molecule has 0 aromatic carbocycles. The number of rotatable bonds is 4. The van der Waals surface area contributed by atoms with Gasteiger partial charge in [-0.15, -0.1) is 0 Å². The molecule has 4 heterocycles. The normalized spacial score (nSPS) is 19.3. The number of nitrogens with one attached hydrogen (secondary N) is 1. The third-order valence-electron chi connectivity index (χ3n) is 5.73. The average molecular weight is 474 g/mol. The van der Waals surface area contributed by atoms with E-state index in [1.807, 2.05) is 39.1 Å². The first-order chi connectivity index (χ1) is 15.8. The average Bonchev–Trinajstić information content (AvgIpc) is 2.79. The Hall–Kier alpha value is -2.58. The number of hydrogen-bond donors (Lipinski definition) is 1. The zero-order valence-corrected chi connectivity index (χ0v) is 20.3. The van der Waals surface area contributed by atoms with Crippen molar-refractivity contribution in [1.82, 2.24) is 15.3 Å². The van der Waals surface area contributed by atoms with Gasteiger partial charge in [-0.25, -0.2) is 14.8 Å². The zero-order valence-electron chi connectivity index (χ0n) is 19.5. The highest BCUT2D eigenvalue weighted by Gasteiger charge is 2.26. The third-order valence-corrected chi connectivity index (χ3v) is 5.93. The molecular weight excluding hydrogens is 442 g/mol. The van der Waals surface area contributed by atoms with Crippen molar-refractivity contribution < 1.29 is 14.3 Å². The van der Waals surface area contributed by atoms with Crippen LogP contribution in [0.25, 0.3) is 11.1 Å². The molecule has 0 saturated carbocycles. The summed E-state index contributed by atoms with van der Waals surface area (Å²) in [5.74, 6) is 0.949. The number of carbonyl (C=O) groups is 1. The molecule has 8 nitrogen and oxygen atoms in total. The molecule has 0 aliphatic carbocycles. The van der Waals surface area contributed by atoms with Crippen molar-refractivity contribution >= 4 is 29.2 Å². The molecule has 0 bridgehead atoms. The molecule has 178 valence electrons. The number of morpholine rings is 1. The van der Waals surface area contributed by atoms with Crippen LogP contribution < -0.4 is 15.1 Å². The van der Waals surface area contributed by atoms with Crippen molar-refractivity contribution in [2.75, 3.05) is 49.2 Å². The zero-order chi connectivity index (χ0) is 23.4.